The summed E-state index contributed by atoms with van der Waals surface area (Å²) in [6, 6.07) is 3.52. The van der Waals surface area contributed by atoms with E-state index in [2.05, 4.69) is 31.3 Å². The zero-order chi connectivity index (χ0) is 17.9. The van der Waals surface area contributed by atoms with Gasteiger partial charge in [0.25, 0.3) is 5.69 Å². The summed E-state index contributed by atoms with van der Waals surface area (Å²) < 4.78 is 0. The number of nitro groups is 2. The zero-order valence-corrected chi connectivity index (χ0v) is 14.1. The topological polar surface area (TPSA) is 111 Å². The number of nitrogens with one attached hydrogen (secondary N) is 1. The molecule has 0 bridgehead atoms. The van der Waals surface area contributed by atoms with Crippen LogP contribution < -0.4 is 5.43 Å². The molecule has 130 valence electrons. The average Bonchev–Trinajstić information content (AvgIpc) is 2.52. The number of anilines is 1. The number of nitrogens with zero attached hydrogens (tertiary/aromatic N) is 3. The minimum absolute atomic E-state index is 0.166. The Labute approximate surface area is 140 Å². The highest BCUT2D eigenvalue weighted by Gasteiger charge is 2.27. The summed E-state index contributed by atoms with van der Waals surface area (Å²) in [6.45, 7) is 6.45. The van der Waals surface area contributed by atoms with Crippen molar-refractivity contribution in [2.45, 2.75) is 40.0 Å². The highest BCUT2D eigenvalue weighted by atomic mass is 16.6. The van der Waals surface area contributed by atoms with Gasteiger partial charge in [-0.05, 0) is 37.2 Å². The van der Waals surface area contributed by atoms with Crippen molar-refractivity contribution in [1.82, 2.24) is 0 Å². The highest BCUT2D eigenvalue weighted by Crippen LogP contribution is 2.33. The van der Waals surface area contributed by atoms with Crippen LogP contribution in [-0.2, 0) is 0 Å². The molecule has 1 aliphatic rings. The van der Waals surface area contributed by atoms with Crippen LogP contribution >= 0.6 is 0 Å². The fourth-order valence-corrected chi connectivity index (χ4v) is 3.10. The number of hydrazone groups is 1. The van der Waals surface area contributed by atoms with Gasteiger partial charge in [-0.15, -0.1) is 0 Å². The summed E-state index contributed by atoms with van der Waals surface area (Å²) in [7, 11) is 0. The number of benzene rings is 1. The molecule has 1 N–H and O–H groups in total. The third kappa shape index (κ3) is 4.06. The van der Waals surface area contributed by atoms with Gasteiger partial charge >= 0.3 is 5.69 Å². The van der Waals surface area contributed by atoms with Crippen LogP contribution in [0.1, 0.15) is 40.0 Å². The Hall–Kier alpha value is -2.51. The summed E-state index contributed by atoms with van der Waals surface area (Å²) in [4.78, 5) is 20.7. The fraction of sp³-hybridized carbons (Fsp3) is 0.562. The summed E-state index contributed by atoms with van der Waals surface area (Å²) in [5, 5.41) is 26.4. The molecule has 8 heteroatoms. The zero-order valence-electron chi connectivity index (χ0n) is 14.1. The predicted octanol–water partition coefficient (Wildman–Crippen LogP) is 4.36. The number of rotatable bonds is 5. The van der Waals surface area contributed by atoms with Gasteiger partial charge in [-0.1, -0.05) is 20.8 Å². The molecule has 1 aromatic carbocycles. The Morgan fingerprint density at radius 1 is 1.21 bits per heavy atom. The van der Waals surface area contributed by atoms with Crippen molar-refractivity contribution < 1.29 is 9.85 Å². The third-order valence-electron chi connectivity index (χ3n) is 4.47. The molecule has 0 aliphatic heterocycles. The van der Waals surface area contributed by atoms with Crippen molar-refractivity contribution in [3.63, 3.8) is 0 Å². The number of non-ortho nitro benzene ring substituents is 1. The highest BCUT2D eigenvalue weighted by molar-refractivity contribution is 5.88. The SMILES string of the molecule is CC(C)[C@@H]1CC[C@@H](C)C/C1=N/Nc1ccc([N+](=O)[O-])cc1[N+](=O)[O-]. The molecule has 0 aromatic heterocycles. The van der Waals surface area contributed by atoms with Crippen molar-refractivity contribution in [3.8, 4) is 0 Å². The van der Waals surface area contributed by atoms with E-state index in [4.69, 9.17) is 0 Å². The standard InChI is InChI=1S/C16H22N4O4/c1-10(2)13-6-4-11(3)8-15(13)18-17-14-7-5-12(19(21)22)9-16(14)20(23)24/h5,7,9-11,13,17H,4,6,8H2,1-3H3/b18-15-/t11-,13+/m1/s1. The van der Waals surface area contributed by atoms with Crippen LogP contribution in [0.4, 0.5) is 17.1 Å². The molecular formula is C16H22N4O4. The van der Waals surface area contributed by atoms with Gasteiger partial charge in [0.15, 0.2) is 0 Å². The van der Waals surface area contributed by atoms with E-state index in [1.807, 2.05) is 0 Å². The molecule has 0 unspecified atom stereocenters. The molecular weight excluding hydrogens is 312 g/mol. The van der Waals surface area contributed by atoms with Crippen LogP contribution in [-0.4, -0.2) is 15.6 Å². The predicted molar refractivity (Wildman–Crippen MR) is 92.2 cm³/mol. The number of hydrogen-bond donors (Lipinski definition) is 1. The van der Waals surface area contributed by atoms with Gasteiger partial charge < -0.3 is 0 Å². The maximum atomic E-state index is 11.2. The summed E-state index contributed by atoms with van der Waals surface area (Å²) in [6.07, 6.45) is 3.07. The van der Waals surface area contributed by atoms with Gasteiger partial charge in [-0.3, -0.25) is 25.7 Å². The first-order valence-corrected chi connectivity index (χ1v) is 8.05. The molecule has 0 amide bonds. The lowest BCUT2D eigenvalue weighted by atomic mass is 9.76. The minimum Gasteiger partial charge on any atom is -0.272 e. The molecule has 0 radical (unpaired) electrons. The largest absolute Gasteiger partial charge is 0.301 e. The molecule has 1 fully saturated rings. The van der Waals surface area contributed by atoms with E-state index in [0.29, 0.717) is 17.8 Å². The van der Waals surface area contributed by atoms with Crippen molar-refractivity contribution in [2.24, 2.45) is 22.9 Å². The molecule has 1 aliphatic carbocycles. The van der Waals surface area contributed by atoms with E-state index in [0.717, 1.165) is 31.0 Å². The second-order valence-corrected chi connectivity index (χ2v) is 6.67. The van der Waals surface area contributed by atoms with Crippen LogP contribution in [0.2, 0.25) is 0 Å². The fourth-order valence-electron chi connectivity index (χ4n) is 3.10. The monoisotopic (exact) mass is 334 g/mol. The quantitative estimate of drug-likeness (QED) is 0.635. The molecule has 0 saturated heterocycles. The second-order valence-electron chi connectivity index (χ2n) is 6.67. The Morgan fingerprint density at radius 3 is 2.50 bits per heavy atom. The number of nitro benzene ring substituents is 2. The Morgan fingerprint density at radius 2 is 1.92 bits per heavy atom. The lowest BCUT2D eigenvalue weighted by Gasteiger charge is -2.30. The summed E-state index contributed by atoms with van der Waals surface area (Å²) in [5.41, 5.74) is 3.27. The van der Waals surface area contributed by atoms with Gasteiger partial charge in [0.05, 0.1) is 15.9 Å². The summed E-state index contributed by atoms with van der Waals surface area (Å²) in [5.74, 6) is 1.34. The Kier molecular flexibility index (Phi) is 5.48. The molecule has 24 heavy (non-hydrogen) atoms. The van der Waals surface area contributed by atoms with Crippen LogP contribution in [0.15, 0.2) is 23.3 Å². The van der Waals surface area contributed by atoms with E-state index >= 15 is 0 Å². The lowest BCUT2D eigenvalue weighted by Crippen LogP contribution is -2.28. The molecule has 8 nitrogen and oxygen atoms in total. The van der Waals surface area contributed by atoms with Crippen molar-refractivity contribution >= 4 is 22.8 Å². The Bertz CT molecular complexity index is 672. The molecule has 1 saturated carbocycles. The Balaban J connectivity index is 2.29. The lowest BCUT2D eigenvalue weighted by molar-refractivity contribution is -0.393. The second kappa shape index (κ2) is 7.37. The van der Waals surface area contributed by atoms with E-state index in [1.54, 1.807) is 0 Å². The van der Waals surface area contributed by atoms with Crippen LogP contribution in [0.25, 0.3) is 0 Å². The third-order valence-corrected chi connectivity index (χ3v) is 4.47. The number of hydrogen-bond acceptors (Lipinski definition) is 6. The van der Waals surface area contributed by atoms with Crippen LogP contribution in [0, 0.1) is 38.0 Å². The van der Waals surface area contributed by atoms with Gasteiger partial charge in [-0.2, -0.15) is 5.10 Å². The first-order chi connectivity index (χ1) is 11.3. The normalized spacial score (nSPS) is 22.6. The van der Waals surface area contributed by atoms with Crippen LogP contribution in [0.5, 0.6) is 0 Å². The van der Waals surface area contributed by atoms with Gasteiger partial charge in [0.1, 0.15) is 5.69 Å². The van der Waals surface area contributed by atoms with Crippen molar-refractivity contribution in [2.75, 3.05) is 5.43 Å². The summed E-state index contributed by atoms with van der Waals surface area (Å²) >= 11 is 0. The van der Waals surface area contributed by atoms with E-state index < -0.39 is 9.85 Å². The van der Waals surface area contributed by atoms with Gasteiger partial charge in [0.2, 0.25) is 0 Å². The van der Waals surface area contributed by atoms with E-state index in [-0.39, 0.29) is 17.1 Å². The molecule has 2 rings (SSSR count). The maximum absolute atomic E-state index is 11.2. The van der Waals surface area contributed by atoms with E-state index in [1.165, 1.54) is 12.1 Å². The van der Waals surface area contributed by atoms with Gasteiger partial charge in [0, 0.05) is 17.7 Å². The average molecular weight is 334 g/mol. The van der Waals surface area contributed by atoms with Gasteiger partial charge in [-0.25, -0.2) is 0 Å². The van der Waals surface area contributed by atoms with Crippen molar-refractivity contribution in [1.29, 1.82) is 0 Å². The first-order valence-electron chi connectivity index (χ1n) is 8.05. The smallest absolute Gasteiger partial charge is 0.272 e. The first kappa shape index (κ1) is 17.8. The molecule has 0 spiro atoms. The molecule has 2 atom stereocenters. The maximum Gasteiger partial charge on any atom is 0.301 e. The van der Waals surface area contributed by atoms with E-state index in [9.17, 15) is 20.2 Å². The van der Waals surface area contributed by atoms with Crippen LogP contribution in [0.3, 0.4) is 0 Å². The minimum atomic E-state index is -0.652. The molecule has 1 aromatic rings. The molecule has 0 heterocycles. The van der Waals surface area contributed by atoms with Crippen molar-refractivity contribution in [3.05, 3.63) is 38.4 Å².